The number of esters is 1. The molecule has 6 heteroatoms. The second kappa shape index (κ2) is 2.79. The summed E-state index contributed by atoms with van der Waals surface area (Å²) in [5, 5.41) is 0. The van der Waals surface area contributed by atoms with Crippen molar-refractivity contribution in [2.75, 3.05) is 0 Å². The lowest BCUT2D eigenvalue weighted by molar-refractivity contribution is -0.256. The molecule has 1 aliphatic rings. The highest BCUT2D eigenvalue weighted by Crippen LogP contribution is 2.40. The van der Waals surface area contributed by atoms with Crippen LogP contribution in [0.5, 0.6) is 0 Å². The van der Waals surface area contributed by atoms with Crippen molar-refractivity contribution in [3.8, 4) is 0 Å². The number of carbonyl (C=O) groups is 1. The first-order valence-corrected chi connectivity index (χ1v) is 3.18. The van der Waals surface area contributed by atoms with Gasteiger partial charge in [0.1, 0.15) is 0 Å². The Labute approximate surface area is 71.4 Å². The van der Waals surface area contributed by atoms with E-state index in [4.69, 9.17) is 0 Å². The molecule has 1 unspecified atom stereocenters. The van der Waals surface area contributed by atoms with Crippen LogP contribution in [-0.2, 0) is 14.3 Å². The molecule has 0 saturated heterocycles. The second-order valence-corrected chi connectivity index (χ2v) is 2.23. The van der Waals surface area contributed by atoms with Gasteiger partial charge in [-0.2, -0.15) is 13.2 Å². The average molecular weight is 194 g/mol. The van der Waals surface area contributed by atoms with Crippen LogP contribution in [0.2, 0.25) is 0 Å². The number of ether oxygens (including phenoxy) is 2. The van der Waals surface area contributed by atoms with Crippen molar-refractivity contribution in [1.82, 2.24) is 0 Å². The summed E-state index contributed by atoms with van der Waals surface area (Å²) in [6, 6.07) is 0. The van der Waals surface area contributed by atoms with E-state index in [0.717, 1.165) is 6.26 Å². The fourth-order valence-corrected chi connectivity index (χ4v) is 0.761. The second-order valence-electron chi connectivity index (χ2n) is 2.23. The van der Waals surface area contributed by atoms with Gasteiger partial charge in [-0.15, -0.1) is 0 Å². The summed E-state index contributed by atoms with van der Waals surface area (Å²) in [5.74, 6) is -1.54. The first-order valence-electron chi connectivity index (χ1n) is 3.18. The van der Waals surface area contributed by atoms with Gasteiger partial charge in [-0.1, -0.05) is 6.58 Å². The van der Waals surface area contributed by atoms with Crippen LogP contribution in [0.1, 0.15) is 0 Å². The predicted octanol–water partition coefficient (Wildman–Crippen LogP) is 1.52. The molecule has 0 aliphatic carbocycles. The Balaban J connectivity index is 2.89. The van der Waals surface area contributed by atoms with Crippen LogP contribution in [0.4, 0.5) is 13.2 Å². The molecule has 13 heavy (non-hydrogen) atoms. The number of alkyl halides is 3. The molecule has 1 heterocycles. The first-order chi connectivity index (χ1) is 5.94. The Morgan fingerprint density at radius 1 is 1.62 bits per heavy atom. The highest BCUT2D eigenvalue weighted by atomic mass is 19.4. The summed E-state index contributed by atoms with van der Waals surface area (Å²) in [6.45, 7) is 2.96. The molecule has 0 radical (unpaired) electrons. The summed E-state index contributed by atoms with van der Waals surface area (Å²) in [5.41, 5.74) is -2.94. The van der Waals surface area contributed by atoms with Crippen LogP contribution in [0.15, 0.2) is 25.2 Å². The Morgan fingerprint density at radius 2 is 2.15 bits per heavy atom. The van der Waals surface area contributed by atoms with E-state index in [1.807, 2.05) is 0 Å². The SMILES string of the molecule is C=COC(=O)C1(C(F)(F)F)C=CO1. The average Bonchev–Trinajstić information content (AvgIpc) is 1.80. The molecule has 0 aromatic rings. The summed E-state index contributed by atoms with van der Waals surface area (Å²) >= 11 is 0. The molecule has 0 amide bonds. The van der Waals surface area contributed by atoms with Crippen molar-refractivity contribution in [1.29, 1.82) is 0 Å². The van der Waals surface area contributed by atoms with Crippen LogP contribution in [-0.4, -0.2) is 17.7 Å². The van der Waals surface area contributed by atoms with Crippen LogP contribution < -0.4 is 0 Å². The zero-order valence-corrected chi connectivity index (χ0v) is 6.30. The smallest absolute Gasteiger partial charge is 0.443 e. The van der Waals surface area contributed by atoms with Crippen molar-refractivity contribution < 1.29 is 27.4 Å². The van der Waals surface area contributed by atoms with E-state index in [9.17, 15) is 18.0 Å². The molecule has 0 N–H and O–H groups in total. The highest BCUT2D eigenvalue weighted by molar-refractivity contribution is 5.85. The van der Waals surface area contributed by atoms with Crippen molar-refractivity contribution in [3.63, 3.8) is 0 Å². The van der Waals surface area contributed by atoms with Crippen LogP contribution >= 0.6 is 0 Å². The van der Waals surface area contributed by atoms with E-state index in [1.165, 1.54) is 0 Å². The molecule has 0 fully saturated rings. The minimum atomic E-state index is -4.82. The first kappa shape index (κ1) is 9.63. The lowest BCUT2D eigenvalue weighted by atomic mass is 10.0. The minimum absolute atomic E-state index is 0.582. The standard InChI is InChI=1S/C7H5F3O3/c1-2-12-5(11)6(3-4-13-6)7(8,9)10/h2-4H,1H2. The zero-order valence-electron chi connectivity index (χ0n) is 6.30. The number of rotatable bonds is 2. The van der Waals surface area contributed by atoms with Gasteiger partial charge in [0, 0.05) is 6.08 Å². The third-order valence-corrected chi connectivity index (χ3v) is 1.47. The van der Waals surface area contributed by atoms with Gasteiger partial charge < -0.3 is 9.47 Å². The number of halogens is 3. The van der Waals surface area contributed by atoms with E-state index in [-0.39, 0.29) is 0 Å². The molecule has 1 atom stereocenters. The van der Waals surface area contributed by atoms with Crippen molar-refractivity contribution in [3.05, 3.63) is 25.2 Å². The van der Waals surface area contributed by atoms with Gasteiger partial charge >= 0.3 is 17.7 Å². The van der Waals surface area contributed by atoms with E-state index in [2.05, 4.69) is 16.1 Å². The van der Waals surface area contributed by atoms with Gasteiger partial charge in [0.05, 0.1) is 12.5 Å². The maximum absolute atomic E-state index is 12.2. The van der Waals surface area contributed by atoms with Gasteiger partial charge in [0.25, 0.3) is 0 Å². The Morgan fingerprint density at radius 3 is 2.38 bits per heavy atom. The van der Waals surface area contributed by atoms with Crippen molar-refractivity contribution in [2.45, 2.75) is 11.8 Å². The number of hydrogen-bond donors (Lipinski definition) is 0. The lowest BCUT2D eigenvalue weighted by Gasteiger charge is -2.34. The maximum Gasteiger partial charge on any atom is 0.443 e. The largest absolute Gasteiger partial charge is 0.470 e. The van der Waals surface area contributed by atoms with Gasteiger partial charge in [0.2, 0.25) is 0 Å². The molecular formula is C7H5F3O3. The van der Waals surface area contributed by atoms with E-state index in [1.54, 1.807) is 0 Å². The minimum Gasteiger partial charge on any atom is -0.470 e. The summed E-state index contributed by atoms with van der Waals surface area (Å²) in [4.78, 5) is 10.8. The van der Waals surface area contributed by atoms with Gasteiger partial charge in [-0.05, 0) is 0 Å². The van der Waals surface area contributed by atoms with Crippen LogP contribution in [0.3, 0.4) is 0 Å². The Kier molecular flexibility index (Phi) is 2.07. The fraction of sp³-hybridized carbons (Fsp3) is 0.286. The highest BCUT2D eigenvalue weighted by Gasteiger charge is 2.65. The van der Waals surface area contributed by atoms with Crippen molar-refractivity contribution >= 4 is 5.97 Å². The number of hydrogen-bond acceptors (Lipinski definition) is 3. The van der Waals surface area contributed by atoms with Crippen LogP contribution in [0, 0.1) is 0 Å². The van der Waals surface area contributed by atoms with Gasteiger partial charge in [-0.25, -0.2) is 4.79 Å². The third-order valence-electron chi connectivity index (χ3n) is 1.47. The molecule has 3 nitrogen and oxygen atoms in total. The monoisotopic (exact) mass is 194 g/mol. The molecule has 0 spiro atoms. The molecule has 0 saturated carbocycles. The third kappa shape index (κ3) is 1.28. The molecule has 72 valence electrons. The molecule has 1 rings (SSSR count). The zero-order chi connectivity index (χ0) is 10.1. The summed E-state index contributed by atoms with van der Waals surface area (Å²) in [6.07, 6.45) is -2.84. The molecule has 1 aliphatic heterocycles. The molecule has 0 bridgehead atoms. The summed E-state index contributed by atoms with van der Waals surface area (Å²) < 4.78 is 44.7. The van der Waals surface area contributed by atoms with E-state index >= 15 is 0 Å². The Hall–Kier alpha value is -1.46. The molecule has 0 aromatic heterocycles. The lowest BCUT2D eigenvalue weighted by Crippen LogP contribution is -2.55. The predicted molar refractivity (Wildman–Crippen MR) is 35.3 cm³/mol. The summed E-state index contributed by atoms with van der Waals surface area (Å²) in [7, 11) is 0. The normalized spacial score (nSPS) is 25.8. The Bertz CT molecular complexity index is 269. The quantitative estimate of drug-likeness (QED) is 0.493. The topological polar surface area (TPSA) is 35.5 Å². The van der Waals surface area contributed by atoms with Gasteiger partial charge in [0.15, 0.2) is 0 Å². The fourth-order valence-electron chi connectivity index (χ4n) is 0.761. The van der Waals surface area contributed by atoms with E-state index in [0.29, 0.717) is 12.3 Å². The molecular weight excluding hydrogens is 189 g/mol. The number of carbonyl (C=O) groups excluding carboxylic acids is 1. The maximum atomic E-state index is 12.2. The van der Waals surface area contributed by atoms with E-state index < -0.39 is 17.7 Å². The van der Waals surface area contributed by atoms with Gasteiger partial charge in [-0.3, -0.25) is 0 Å². The van der Waals surface area contributed by atoms with Crippen molar-refractivity contribution in [2.24, 2.45) is 0 Å². The molecule has 0 aromatic carbocycles. The van der Waals surface area contributed by atoms with Crippen LogP contribution in [0.25, 0.3) is 0 Å².